The molecule has 1 amide bonds. The van der Waals surface area contributed by atoms with E-state index in [2.05, 4.69) is 21.2 Å². The molecule has 8 heteroatoms. The van der Waals surface area contributed by atoms with Crippen LogP contribution in [-0.2, 0) is 6.61 Å². The molecule has 1 aromatic heterocycles. The molecule has 0 radical (unpaired) electrons. The molecule has 2 aromatic carbocycles. The van der Waals surface area contributed by atoms with Gasteiger partial charge in [0.05, 0.1) is 0 Å². The largest absolute Gasteiger partial charge is 0.486 e. The molecule has 1 saturated heterocycles. The second kappa shape index (κ2) is 9.51. The molecule has 0 bridgehead atoms. The third-order valence-corrected chi connectivity index (χ3v) is 5.71. The fraction of sp³-hybridized carbons (Fsp3) is 0.261. The Kier molecular flexibility index (Phi) is 6.56. The summed E-state index contributed by atoms with van der Waals surface area (Å²) in [5.74, 6) is -0.298. The summed E-state index contributed by atoms with van der Waals surface area (Å²) in [5.41, 5.74) is 0.647. The van der Waals surface area contributed by atoms with E-state index in [-0.39, 0.29) is 24.2 Å². The average Bonchev–Trinajstić information content (AvgIpc) is 3.43. The molecular weight excluding hydrogens is 470 g/mol. The van der Waals surface area contributed by atoms with E-state index in [1.807, 2.05) is 29.2 Å². The van der Waals surface area contributed by atoms with Crippen LogP contribution in [-0.4, -0.2) is 25.5 Å². The van der Waals surface area contributed by atoms with E-state index in [0.717, 1.165) is 23.5 Å². The standard InChI is InChI=1S/C23H21BrF2N2O3/c24-16-1-4-18(5-2-16)30-14-19-6-8-22(31-19)23(29)27-12-15-9-10-28(13-15)17-3-7-20(25)21(26)11-17/h1-8,11,15H,9-10,12-14H2,(H,27,29). The lowest BCUT2D eigenvalue weighted by Gasteiger charge is -2.19. The summed E-state index contributed by atoms with van der Waals surface area (Å²) in [7, 11) is 0. The van der Waals surface area contributed by atoms with Gasteiger partial charge in [-0.1, -0.05) is 15.9 Å². The quantitative estimate of drug-likeness (QED) is 0.497. The van der Waals surface area contributed by atoms with Gasteiger partial charge in [-0.2, -0.15) is 0 Å². The Morgan fingerprint density at radius 1 is 1.13 bits per heavy atom. The van der Waals surface area contributed by atoms with Crippen molar-refractivity contribution in [2.45, 2.75) is 13.0 Å². The number of benzene rings is 2. The van der Waals surface area contributed by atoms with Crippen LogP contribution in [0.4, 0.5) is 14.5 Å². The summed E-state index contributed by atoms with van der Waals surface area (Å²) in [6.07, 6.45) is 0.851. The summed E-state index contributed by atoms with van der Waals surface area (Å²) in [5, 5.41) is 2.89. The highest BCUT2D eigenvalue weighted by Gasteiger charge is 2.24. The molecule has 1 fully saturated rings. The van der Waals surface area contributed by atoms with Gasteiger partial charge in [0, 0.05) is 35.9 Å². The van der Waals surface area contributed by atoms with Crippen molar-refractivity contribution in [1.29, 1.82) is 0 Å². The van der Waals surface area contributed by atoms with E-state index >= 15 is 0 Å². The Balaban J connectivity index is 1.24. The SMILES string of the molecule is O=C(NCC1CCN(c2ccc(F)c(F)c2)C1)c1ccc(COc2ccc(Br)cc2)o1. The van der Waals surface area contributed by atoms with Gasteiger partial charge in [0.2, 0.25) is 0 Å². The number of halogens is 3. The van der Waals surface area contributed by atoms with Gasteiger partial charge >= 0.3 is 0 Å². The predicted molar refractivity (Wildman–Crippen MR) is 116 cm³/mol. The van der Waals surface area contributed by atoms with Crippen LogP contribution in [0.15, 0.2) is 63.5 Å². The van der Waals surface area contributed by atoms with Crippen molar-refractivity contribution in [2.24, 2.45) is 5.92 Å². The van der Waals surface area contributed by atoms with E-state index < -0.39 is 11.6 Å². The minimum atomic E-state index is -0.855. The van der Waals surface area contributed by atoms with Crippen LogP contribution in [0.25, 0.3) is 0 Å². The number of hydrogen-bond acceptors (Lipinski definition) is 4. The molecule has 2 heterocycles. The normalized spacial score (nSPS) is 15.8. The molecule has 162 valence electrons. The van der Waals surface area contributed by atoms with Gasteiger partial charge in [-0.15, -0.1) is 0 Å². The molecule has 0 saturated carbocycles. The van der Waals surface area contributed by atoms with E-state index in [9.17, 15) is 13.6 Å². The van der Waals surface area contributed by atoms with E-state index in [0.29, 0.717) is 30.3 Å². The van der Waals surface area contributed by atoms with Crippen LogP contribution >= 0.6 is 15.9 Å². The van der Waals surface area contributed by atoms with Gasteiger partial charge in [-0.25, -0.2) is 8.78 Å². The van der Waals surface area contributed by atoms with Crippen molar-refractivity contribution in [3.05, 3.63) is 82.2 Å². The first kappa shape index (κ1) is 21.4. The zero-order valence-electron chi connectivity index (χ0n) is 16.6. The monoisotopic (exact) mass is 490 g/mol. The zero-order valence-corrected chi connectivity index (χ0v) is 18.2. The van der Waals surface area contributed by atoms with Crippen LogP contribution in [0.3, 0.4) is 0 Å². The summed E-state index contributed by atoms with van der Waals surface area (Å²) >= 11 is 3.37. The number of furan rings is 1. The Labute approximate surface area is 187 Å². The van der Waals surface area contributed by atoms with Crippen molar-refractivity contribution in [2.75, 3.05) is 24.5 Å². The van der Waals surface area contributed by atoms with Crippen LogP contribution in [0.5, 0.6) is 5.75 Å². The fourth-order valence-corrected chi connectivity index (χ4v) is 3.77. The summed E-state index contributed by atoms with van der Waals surface area (Å²) in [4.78, 5) is 14.4. The minimum absolute atomic E-state index is 0.215. The van der Waals surface area contributed by atoms with Gasteiger partial charge in [0.15, 0.2) is 17.4 Å². The first-order valence-electron chi connectivity index (χ1n) is 9.93. The van der Waals surface area contributed by atoms with Gasteiger partial charge in [0.1, 0.15) is 18.1 Å². The predicted octanol–water partition coefficient (Wildman–Crippen LogP) is 5.16. The second-order valence-corrected chi connectivity index (χ2v) is 8.33. The number of amides is 1. The van der Waals surface area contributed by atoms with Crippen LogP contribution < -0.4 is 15.0 Å². The van der Waals surface area contributed by atoms with Gasteiger partial charge in [-0.3, -0.25) is 4.79 Å². The number of nitrogens with zero attached hydrogens (tertiary/aromatic N) is 1. The summed E-state index contributed by atoms with van der Waals surface area (Å²) in [6, 6.07) is 14.7. The molecule has 1 aliphatic heterocycles. The Hall–Kier alpha value is -2.87. The maximum atomic E-state index is 13.5. The van der Waals surface area contributed by atoms with Crippen molar-refractivity contribution < 1.29 is 22.7 Å². The van der Waals surface area contributed by atoms with Crippen molar-refractivity contribution >= 4 is 27.5 Å². The van der Waals surface area contributed by atoms with Gasteiger partial charge < -0.3 is 19.4 Å². The highest BCUT2D eigenvalue weighted by molar-refractivity contribution is 9.10. The Bertz CT molecular complexity index is 1060. The molecule has 5 nitrogen and oxygen atoms in total. The highest BCUT2D eigenvalue weighted by atomic mass is 79.9. The molecule has 1 N–H and O–H groups in total. The molecule has 1 unspecified atom stereocenters. The number of rotatable bonds is 7. The smallest absolute Gasteiger partial charge is 0.287 e. The third kappa shape index (κ3) is 5.44. The Morgan fingerprint density at radius 3 is 2.71 bits per heavy atom. The van der Waals surface area contributed by atoms with Crippen molar-refractivity contribution in [1.82, 2.24) is 5.32 Å². The van der Waals surface area contributed by atoms with Gasteiger partial charge in [-0.05, 0) is 60.9 Å². The molecule has 0 aliphatic carbocycles. The topological polar surface area (TPSA) is 54.7 Å². The third-order valence-electron chi connectivity index (χ3n) is 5.19. The first-order valence-corrected chi connectivity index (χ1v) is 10.7. The number of ether oxygens (including phenoxy) is 1. The lowest BCUT2D eigenvalue weighted by molar-refractivity contribution is 0.0916. The van der Waals surface area contributed by atoms with Gasteiger partial charge in [0.25, 0.3) is 5.91 Å². The lowest BCUT2D eigenvalue weighted by atomic mass is 10.1. The molecule has 0 spiro atoms. The molecule has 1 atom stereocenters. The highest BCUT2D eigenvalue weighted by Crippen LogP contribution is 2.25. The summed E-state index contributed by atoms with van der Waals surface area (Å²) < 4.78 is 38.8. The number of nitrogens with one attached hydrogen (secondary N) is 1. The maximum Gasteiger partial charge on any atom is 0.287 e. The van der Waals surface area contributed by atoms with Crippen molar-refractivity contribution in [3.63, 3.8) is 0 Å². The van der Waals surface area contributed by atoms with E-state index in [1.165, 1.54) is 6.07 Å². The molecule has 31 heavy (non-hydrogen) atoms. The number of carbonyl (C=O) groups is 1. The number of carbonyl (C=O) groups excluding carboxylic acids is 1. The zero-order chi connectivity index (χ0) is 21.8. The van der Waals surface area contributed by atoms with Crippen LogP contribution in [0.2, 0.25) is 0 Å². The van der Waals surface area contributed by atoms with E-state index in [1.54, 1.807) is 18.2 Å². The second-order valence-electron chi connectivity index (χ2n) is 7.42. The van der Waals surface area contributed by atoms with Crippen molar-refractivity contribution in [3.8, 4) is 5.75 Å². The van der Waals surface area contributed by atoms with E-state index in [4.69, 9.17) is 9.15 Å². The lowest BCUT2D eigenvalue weighted by Crippen LogP contribution is -2.30. The molecule has 1 aliphatic rings. The molecule has 3 aromatic rings. The maximum absolute atomic E-state index is 13.5. The summed E-state index contributed by atoms with van der Waals surface area (Å²) in [6.45, 7) is 2.09. The molecular formula is C23H21BrF2N2O3. The fourth-order valence-electron chi connectivity index (χ4n) is 3.50. The number of anilines is 1. The van der Waals surface area contributed by atoms with Crippen LogP contribution in [0.1, 0.15) is 22.7 Å². The number of hydrogen-bond donors (Lipinski definition) is 1. The van der Waals surface area contributed by atoms with Crippen LogP contribution in [0, 0.1) is 17.6 Å². The average molecular weight is 491 g/mol. The Morgan fingerprint density at radius 2 is 1.94 bits per heavy atom. The first-order chi connectivity index (χ1) is 15.0. The molecule has 4 rings (SSSR count). The minimum Gasteiger partial charge on any atom is -0.486 e.